The van der Waals surface area contributed by atoms with Gasteiger partial charge in [0, 0.05) is 37.1 Å². The van der Waals surface area contributed by atoms with Crippen molar-refractivity contribution in [3.05, 3.63) is 38.9 Å². The summed E-state index contributed by atoms with van der Waals surface area (Å²) in [5, 5.41) is 8.55. The molecule has 0 spiro atoms. The lowest BCUT2D eigenvalue weighted by molar-refractivity contribution is 0.0701. The SMILES string of the molecule is Cc1nc(-c2ccsc2)sc1C(=O)N1CCN(S(=O)(=O)c2c(C)noc2C)CC1. The summed E-state index contributed by atoms with van der Waals surface area (Å²) in [5.41, 5.74) is 2.06. The van der Waals surface area contributed by atoms with E-state index >= 15 is 0 Å². The second-order valence-corrected chi connectivity index (χ2v) is 10.4. The molecule has 1 aliphatic rings. The van der Waals surface area contributed by atoms with Crippen LogP contribution < -0.4 is 0 Å². The summed E-state index contributed by atoms with van der Waals surface area (Å²) in [4.78, 5) is 20.0. The first kappa shape index (κ1) is 20.2. The minimum absolute atomic E-state index is 0.101. The van der Waals surface area contributed by atoms with Gasteiger partial charge in [-0.05, 0) is 32.2 Å². The molecule has 154 valence electrons. The number of hydrogen-bond donors (Lipinski definition) is 0. The highest BCUT2D eigenvalue weighted by atomic mass is 32.2. The Morgan fingerprint density at radius 2 is 1.86 bits per heavy atom. The summed E-state index contributed by atoms with van der Waals surface area (Å²) in [6.45, 7) is 6.14. The van der Waals surface area contributed by atoms with Gasteiger partial charge in [0.2, 0.25) is 10.0 Å². The maximum Gasteiger partial charge on any atom is 0.265 e. The summed E-state index contributed by atoms with van der Waals surface area (Å²) in [6, 6.07) is 1.98. The van der Waals surface area contributed by atoms with Gasteiger partial charge in [0.15, 0.2) is 5.76 Å². The van der Waals surface area contributed by atoms with Gasteiger partial charge in [0.05, 0.1) is 5.69 Å². The van der Waals surface area contributed by atoms with E-state index in [1.807, 2.05) is 23.8 Å². The number of amides is 1. The second-order valence-electron chi connectivity index (χ2n) is 6.80. The molecule has 4 heterocycles. The van der Waals surface area contributed by atoms with E-state index in [0.717, 1.165) is 10.6 Å². The summed E-state index contributed by atoms with van der Waals surface area (Å²) >= 11 is 2.97. The number of thiophene rings is 1. The fourth-order valence-corrected chi connectivity index (χ4v) is 6.81. The number of carbonyl (C=O) groups is 1. The van der Waals surface area contributed by atoms with Gasteiger partial charge in [-0.3, -0.25) is 4.79 Å². The molecule has 1 saturated heterocycles. The van der Waals surface area contributed by atoms with E-state index in [0.29, 0.717) is 29.4 Å². The third kappa shape index (κ3) is 3.63. The Morgan fingerprint density at radius 1 is 1.14 bits per heavy atom. The lowest BCUT2D eigenvalue weighted by atomic mass is 10.3. The van der Waals surface area contributed by atoms with E-state index in [9.17, 15) is 13.2 Å². The van der Waals surface area contributed by atoms with Gasteiger partial charge in [0.1, 0.15) is 20.5 Å². The van der Waals surface area contributed by atoms with Crippen molar-refractivity contribution in [1.82, 2.24) is 19.3 Å². The Hall–Kier alpha value is -2.08. The minimum Gasteiger partial charge on any atom is -0.360 e. The molecule has 0 unspecified atom stereocenters. The van der Waals surface area contributed by atoms with Gasteiger partial charge >= 0.3 is 0 Å². The van der Waals surface area contributed by atoms with Crippen LogP contribution in [0.2, 0.25) is 0 Å². The van der Waals surface area contributed by atoms with Crippen molar-refractivity contribution >= 4 is 38.6 Å². The fraction of sp³-hybridized carbons (Fsp3) is 0.389. The lowest BCUT2D eigenvalue weighted by Gasteiger charge is -2.33. The van der Waals surface area contributed by atoms with Gasteiger partial charge < -0.3 is 9.42 Å². The first-order chi connectivity index (χ1) is 13.8. The van der Waals surface area contributed by atoms with E-state index in [1.165, 1.54) is 15.6 Å². The van der Waals surface area contributed by atoms with Crippen molar-refractivity contribution in [2.75, 3.05) is 26.2 Å². The van der Waals surface area contributed by atoms with Crippen molar-refractivity contribution in [3.8, 4) is 10.6 Å². The highest BCUT2D eigenvalue weighted by molar-refractivity contribution is 7.89. The number of aryl methyl sites for hydroxylation is 3. The molecule has 11 heteroatoms. The predicted molar refractivity (Wildman–Crippen MR) is 111 cm³/mol. The predicted octanol–water partition coefficient (Wildman–Crippen LogP) is 2.93. The molecule has 0 aliphatic carbocycles. The van der Waals surface area contributed by atoms with Crippen LogP contribution in [0.15, 0.2) is 26.2 Å². The van der Waals surface area contributed by atoms with Gasteiger partial charge in [-0.2, -0.15) is 15.6 Å². The average molecular weight is 453 g/mol. The van der Waals surface area contributed by atoms with Crippen molar-refractivity contribution in [2.45, 2.75) is 25.7 Å². The minimum atomic E-state index is -3.70. The zero-order valence-corrected chi connectivity index (χ0v) is 18.7. The molecule has 0 N–H and O–H groups in total. The van der Waals surface area contributed by atoms with Crippen LogP contribution in [0.25, 0.3) is 10.6 Å². The van der Waals surface area contributed by atoms with Gasteiger partial charge in [-0.15, -0.1) is 11.3 Å². The molecule has 29 heavy (non-hydrogen) atoms. The molecule has 0 saturated carbocycles. The third-order valence-electron chi connectivity index (χ3n) is 4.85. The van der Waals surface area contributed by atoms with Crippen LogP contribution in [0, 0.1) is 20.8 Å². The Bertz CT molecular complexity index is 1120. The van der Waals surface area contributed by atoms with E-state index in [4.69, 9.17) is 4.52 Å². The highest BCUT2D eigenvalue weighted by Gasteiger charge is 2.35. The maximum atomic E-state index is 13.0. The number of carbonyl (C=O) groups excluding carboxylic acids is 1. The number of aromatic nitrogens is 2. The molecule has 4 rings (SSSR count). The van der Waals surface area contributed by atoms with Crippen molar-refractivity contribution in [1.29, 1.82) is 0 Å². The zero-order valence-electron chi connectivity index (χ0n) is 16.2. The molecular weight excluding hydrogens is 432 g/mol. The second kappa shape index (κ2) is 7.63. The Labute approximate surface area is 176 Å². The molecule has 3 aromatic heterocycles. The first-order valence-electron chi connectivity index (χ1n) is 9.01. The van der Waals surface area contributed by atoms with Crippen LogP contribution in [0.4, 0.5) is 0 Å². The smallest absolute Gasteiger partial charge is 0.265 e. The lowest BCUT2D eigenvalue weighted by Crippen LogP contribution is -2.50. The highest BCUT2D eigenvalue weighted by Crippen LogP contribution is 2.31. The normalized spacial score (nSPS) is 15.8. The molecule has 1 fully saturated rings. The number of hydrogen-bond acceptors (Lipinski definition) is 8. The Kier molecular flexibility index (Phi) is 5.32. The standard InChI is InChI=1S/C18H20N4O4S3/c1-11-15(28-17(19-11)14-4-9-27-10-14)18(23)21-5-7-22(8-6-21)29(24,25)16-12(2)20-26-13(16)3/h4,9-10H,5-8H2,1-3H3. The molecule has 1 aliphatic heterocycles. The molecule has 0 atom stereocenters. The number of nitrogens with zero attached hydrogens (tertiary/aromatic N) is 4. The Morgan fingerprint density at radius 3 is 2.45 bits per heavy atom. The number of rotatable bonds is 4. The summed E-state index contributed by atoms with van der Waals surface area (Å²) in [5.74, 6) is 0.179. The number of thiazole rings is 1. The average Bonchev–Trinajstić information content (AvgIpc) is 3.42. The Balaban J connectivity index is 1.48. The third-order valence-corrected chi connectivity index (χ3v) is 8.87. The maximum absolute atomic E-state index is 13.0. The van der Waals surface area contributed by atoms with Crippen LogP contribution in [-0.2, 0) is 10.0 Å². The summed E-state index contributed by atoms with van der Waals surface area (Å²) in [6.07, 6.45) is 0. The van der Waals surface area contributed by atoms with Crippen molar-refractivity contribution < 1.29 is 17.7 Å². The van der Waals surface area contributed by atoms with Crippen LogP contribution >= 0.6 is 22.7 Å². The van der Waals surface area contributed by atoms with Crippen molar-refractivity contribution in [3.63, 3.8) is 0 Å². The molecule has 3 aromatic rings. The summed E-state index contributed by atoms with van der Waals surface area (Å²) < 4.78 is 32.3. The number of piperazine rings is 1. The van der Waals surface area contributed by atoms with Gasteiger partial charge in [0.25, 0.3) is 5.91 Å². The topological polar surface area (TPSA) is 96.6 Å². The molecular formula is C18H20N4O4S3. The summed E-state index contributed by atoms with van der Waals surface area (Å²) in [7, 11) is -3.70. The molecule has 0 bridgehead atoms. The molecule has 8 nitrogen and oxygen atoms in total. The van der Waals surface area contributed by atoms with E-state index in [1.54, 1.807) is 30.1 Å². The van der Waals surface area contributed by atoms with E-state index in [-0.39, 0.29) is 29.7 Å². The fourth-order valence-electron chi connectivity index (χ4n) is 3.35. The quantitative estimate of drug-likeness (QED) is 0.604. The monoisotopic (exact) mass is 452 g/mol. The largest absolute Gasteiger partial charge is 0.360 e. The van der Waals surface area contributed by atoms with Crippen molar-refractivity contribution in [2.24, 2.45) is 0 Å². The first-order valence-corrected chi connectivity index (χ1v) is 12.2. The zero-order chi connectivity index (χ0) is 20.8. The molecule has 0 radical (unpaired) electrons. The van der Waals surface area contributed by atoms with E-state index in [2.05, 4.69) is 10.1 Å². The molecule has 1 amide bonds. The molecule has 0 aromatic carbocycles. The van der Waals surface area contributed by atoms with Crippen LogP contribution in [0.1, 0.15) is 26.8 Å². The van der Waals surface area contributed by atoms with Crippen LogP contribution in [0.3, 0.4) is 0 Å². The van der Waals surface area contributed by atoms with Gasteiger partial charge in [-0.25, -0.2) is 13.4 Å². The van der Waals surface area contributed by atoms with E-state index < -0.39 is 10.0 Å². The van der Waals surface area contributed by atoms with Crippen LogP contribution in [0.5, 0.6) is 0 Å². The van der Waals surface area contributed by atoms with Crippen LogP contribution in [-0.4, -0.2) is 59.8 Å². The number of sulfonamides is 1. The van der Waals surface area contributed by atoms with Gasteiger partial charge in [-0.1, -0.05) is 5.16 Å².